The average Bonchev–Trinajstić information content (AvgIpc) is 2.38. The number of halogens is 1. The summed E-state index contributed by atoms with van der Waals surface area (Å²) in [6.07, 6.45) is 1.86. The summed E-state index contributed by atoms with van der Waals surface area (Å²) >= 11 is 8.72. The molecule has 1 heterocycles. The van der Waals surface area contributed by atoms with E-state index in [1.54, 1.807) is 12.1 Å². The maximum atomic E-state index is 11.8. The molecule has 1 amide bonds. The van der Waals surface area contributed by atoms with Crippen molar-refractivity contribution in [3.05, 3.63) is 44.7 Å². The van der Waals surface area contributed by atoms with Crippen molar-refractivity contribution in [1.29, 1.82) is 5.26 Å². The molecule has 0 radical (unpaired) electrons. The van der Waals surface area contributed by atoms with Crippen LogP contribution < -0.4 is 5.32 Å². The maximum absolute atomic E-state index is 11.8. The molecule has 0 unspecified atom stereocenters. The summed E-state index contributed by atoms with van der Waals surface area (Å²) < 4.78 is 0.751. The van der Waals surface area contributed by atoms with Crippen molar-refractivity contribution in [2.75, 3.05) is 6.26 Å². The SMILES string of the molecule is CSC1=C(C#N)C(=O)N[C@H](c2ccc(Cl)cc2)S1. The van der Waals surface area contributed by atoms with Gasteiger partial charge in [0.15, 0.2) is 0 Å². The van der Waals surface area contributed by atoms with Crippen LogP contribution in [0.4, 0.5) is 0 Å². The molecule has 1 atom stereocenters. The molecule has 1 aliphatic heterocycles. The second-order valence-electron chi connectivity index (χ2n) is 3.50. The molecule has 92 valence electrons. The fourth-order valence-electron chi connectivity index (χ4n) is 1.51. The summed E-state index contributed by atoms with van der Waals surface area (Å²) in [6, 6.07) is 9.25. The van der Waals surface area contributed by atoms with Gasteiger partial charge in [0.05, 0.1) is 4.24 Å². The van der Waals surface area contributed by atoms with Crippen molar-refractivity contribution in [1.82, 2.24) is 5.32 Å². The van der Waals surface area contributed by atoms with Crippen LogP contribution in [0.5, 0.6) is 0 Å². The number of carbonyl (C=O) groups is 1. The van der Waals surface area contributed by atoms with Crippen LogP contribution in [0.3, 0.4) is 0 Å². The zero-order valence-corrected chi connectivity index (χ0v) is 11.8. The highest BCUT2D eigenvalue weighted by molar-refractivity contribution is 8.22. The van der Waals surface area contributed by atoms with Crippen LogP contribution in [0.15, 0.2) is 34.1 Å². The first-order valence-corrected chi connectivity index (χ1v) is 7.55. The van der Waals surface area contributed by atoms with Crippen molar-refractivity contribution < 1.29 is 4.79 Å². The van der Waals surface area contributed by atoms with E-state index >= 15 is 0 Å². The average molecular weight is 297 g/mol. The molecule has 1 aromatic carbocycles. The van der Waals surface area contributed by atoms with Gasteiger partial charge in [-0.1, -0.05) is 35.5 Å². The topological polar surface area (TPSA) is 52.9 Å². The summed E-state index contributed by atoms with van der Waals surface area (Å²) in [4.78, 5) is 11.8. The summed E-state index contributed by atoms with van der Waals surface area (Å²) in [6.45, 7) is 0. The van der Waals surface area contributed by atoms with Crippen molar-refractivity contribution in [3.8, 4) is 6.07 Å². The molecular weight excluding hydrogens is 288 g/mol. The van der Waals surface area contributed by atoms with Crippen LogP contribution in [0.25, 0.3) is 0 Å². The highest BCUT2D eigenvalue weighted by Gasteiger charge is 2.28. The minimum atomic E-state index is -0.319. The molecule has 6 heteroatoms. The Hall–Kier alpha value is -1.09. The Morgan fingerprint density at radius 3 is 2.67 bits per heavy atom. The van der Waals surface area contributed by atoms with Gasteiger partial charge in [-0.3, -0.25) is 4.79 Å². The quantitative estimate of drug-likeness (QED) is 0.910. The summed E-state index contributed by atoms with van der Waals surface area (Å²) in [5.41, 5.74) is 1.15. The van der Waals surface area contributed by atoms with E-state index in [1.165, 1.54) is 23.5 Å². The zero-order valence-electron chi connectivity index (χ0n) is 9.44. The Bertz CT molecular complexity index is 548. The molecular formula is C12H9ClN2OS2. The summed E-state index contributed by atoms with van der Waals surface area (Å²) in [5, 5.41) is 12.2. The lowest BCUT2D eigenvalue weighted by Gasteiger charge is -2.24. The largest absolute Gasteiger partial charge is 0.335 e. The molecule has 0 saturated heterocycles. The number of nitrogens with zero attached hydrogens (tertiary/aromatic N) is 1. The van der Waals surface area contributed by atoms with Crippen LogP contribution in [-0.2, 0) is 4.79 Å². The van der Waals surface area contributed by atoms with Gasteiger partial charge >= 0.3 is 0 Å². The number of amides is 1. The number of nitriles is 1. The van der Waals surface area contributed by atoms with Gasteiger partial charge in [0, 0.05) is 5.02 Å². The molecule has 3 nitrogen and oxygen atoms in total. The number of carbonyl (C=O) groups excluding carboxylic acids is 1. The second-order valence-corrected chi connectivity index (χ2v) is 6.13. The Balaban J connectivity index is 2.30. The van der Waals surface area contributed by atoms with Crippen molar-refractivity contribution in [2.24, 2.45) is 0 Å². The zero-order chi connectivity index (χ0) is 13.1. The van der Waals surface area contributed by atoms with Crippen LogP contribution in [0.2, 0.25) is 5.02 Å². The minimum absolute atomic E-state index is 0.172. The predicted octanol–water partition coefficient (Wildman–Crippen LogP) is 3.30. The Labute approximate surface area is 119 Å². The molecule has 18 heavy (non-hydrogen) atoms. The number of benzene rings is 1. The molecule has 0 fully saturated rings. The van der Waals surface area contributed by atoms with Gasteiger partial charge in [0.2, 0.25) is 0 Å². The second kappa shape index (κ2) is 5.70. The lowest BCUT2D eigenvalue weighted by molar-refractivity contribution is -0.117. The predicted molar refractivity (Wildman–Crippen MR) is 76.1 cm³/mol. The van der Waals surface area contributed by atoms with Crippen LogP contribution in [0.1, 0.15) is 10.9 Å². The van der Waals surface area contributed by atoms with E-state index in [0.29, 0.717) is 5.02 Å². The van der Waals surface area contributed by atoms with E-state index < -0.39 is 0 Å². The first kappa shape index (κ1) is 13.3. The molecule has 0 saturated carbocycles. The highest BCUT2D eigenvalue weighted by atomic mass is 35.5. The Morgan fingerprint density at radius 1 is 1.44 bits per heavy atom. The third-order valence-corrected chi connectivity index (χ3v) is 5.05. The fraction of sp³-hybridized carbons (Fsp3) is 0.167. The number of thioether (sulfide) groups is 2. The van der Waals surface area contributed by atoms with E-state index in [0.717, 1.165) is 9.80 Å². The maximum Gasteiger partial charge on any atom is 0.264 e. The third-order valence-electron chi connectivity index (χ3n) is 2.39. The molecule has 0 aromatic heterocycles. The van der Waals surface area contributed by atoms with Crippen LogP contribution in [-0.4, -0.2) is 12.2 Å². The van der Waals surface area contributed by atoms with E-state index in [2.05, 4.69) is 5.32 Å². The summed E-state index contributed by atoms with van der Waals surface area (Å²) in [5.74, 6) is -0.319. The first-order chi connectivity index (χ1) is 8.65. The van der Waals surface area contributed by atoms with E-state index in [1.807, 2.05) is 24.5 Å². The lowest BCUT2D eigenvalue weighted by Crippen LogP contribution is -2.31. The van der Waals surface area contributed by atoms with Crippen molar-refractivity contribution >= 4 is 41.0 Å². The number of hydrogen-bond donors (Lipinski definition) is 1. The minimum Gasteiger partial charge on any atom is -0.335 e. The van der Waals surface area contributed by atoms with Gasteiger partial charge in [-0.05, 0) is 24.0 Å². The van der Waals surface area contributed by atoms with Gasteiger partial charge in [-0.25, -0.2) is 0 Å². The van der Waals surface area contributed by atoms with Gasteiger partial charge in [-0.2, -0.15) is 5.26 Å². The number of nitrogens with one attached hydrogen (secondary N) is 1. The smallest absolute Gasteiger partial charge is 0.264 e. The molecule has 0 bridgehead atoms. The molecule has 0 aliphatic carbocycles. The van der Waals surface area contributed by atoms with Crippen molar-refractivity contribution in [2.45, 2.75) is 5.37 Å². The van der Waals surface area contributed by atoms with Crippen molar-refractivity contribution in [3.63, 3.8) is 0 Å². The van der Waals surface area contributed by atoms with E-state index in [9.17, 15) is 4.79 Å². The van der Waals surface area contributed by atoms with Gasteiger partial charge in [0.25, 0.3) is 5.91 Å². The van der Waals surface area contributed by atoms with Crippen LogP contribution >= 0.6 is 35.1 Å². The van der Waals surface area contributed by atoms with E-state index in [-0.39, 0.29) is 16.9 Å². The van der Waals surface area contributed by atoms with Gasteiger partial charge in [-0.15, -0.1) is 11.8 Å². The Morgan fingerprint density at radius 2 is 2.11 bits per heavy atom. The molecule has 0 spiro atoms. The molecule has 2 rings (SSSR count). The standard InChI is InChI=1S/C12H9ClN2OS2/c1-17-12-9(6-14)10(16)15-11(18-12)7-2-4-8(13)5-3-7/h2-5,11H,1H3,(H,15,16)/t11-/m0/s1. The number of rotatable bonds is 2. The van der Waals surface area contributed by atoms with Crippen LogP contribution in [0, 0.1) is 11.3 Å². The summed E-state index contributed by atoms with van der Waals surface area (Å²) in [7, 11) is 0. The van der Waals surface area contributed by atoms with E-state index in [4.69, 9.17) is 16.9 Å². The number of hydrogen-bond acceptors (Lipinski definition) is 4. The normalized spacial score (nSPS) is 19.4. The molecule has 1 N–H and O–H groups in total. The van der Waals surface area contributed by atoms with Gasteiger partial charge in [0.1, 0.15) is 17.0 Å². The highest BCUT2D eigenvalue weighted by Crippen LogP contribution is 2.42. The van der Waals surface area contributed by atoms with Gasteiger partial charge < -0.3 is 5.32 Å². The lowest BCUT2D eigenvalue weighted by atomic mass is 10.2. The first-order valence-electron chi connectivity index (χ1n) is 5.07. The monoisotopic (exact) mass is 296 g/mol. The Kier molecular flexibility index (Phi) is 4.23. The molecule has 1 aromatic rings. The molecule has 1 aliphatic rings. The fourth-order valence-corrected chi connectivity index (χ4v) is 3.59. The third kappa shape index (κ3) is 2.66.